The first-order chi connectivity index (χ1) is 8.39. The number of hydrogen-bond donors (Lipinski definition) is 0. The molecular weight excluding hydrogens is 279 g/mol. The largest absolute Gasteiger partial charge is 0.348 e. The van der Waals surface area contributed by atoms with Crippen molar-refractivity contribution in [3.63, 3.8) is 0 Å². The van der Waals surface area contributed by atoms with Crippen LogP contribution in [0, 0.1) is 12.3 Å². The number of rotatable bonds is 10. The van der Waals surface area contributed by atoms with E-state index in [2.05, 4.69) is 17.3 Å². The molecular formula is C10H15O6PS. The van der Waals surface area contributed by atoms with Crippen LogP contribution in [0.1, 0.15) is 0 Å². The Bertz CT molecular complexity index is 445. The normalized spacial score (nSPS) is 11.7. The molecule has 0 unspecified atom stereocenters. The second-order valence-electron chi connectivity index (χ2n) is 2.93. The predicted octanol–water partition coefficient (Wildman–Crippen LogP) is 1.52. The molecule has 0 rings (SSSR count). The van der Waals surface area contributed by atoms with Gasteiger partial charge in [0.15, 0.2) is 5.49 Å². The van der Waals surface area contributed by atoms with Crippen LogP contribution in [0.3, 0.4) is 0 Å². The smallest absolute Gasteiger partial charge is 0.304 e. The standard InChI is InChI=1S/C10H15O6PS/c1-4-7-14-17(11,15-8-5-2)10-18(12,13)16-9-6-3/h3-5H,1-2,7-10H2. The number of terminal acetylenes is 1. The molecule has 6 nitrogen and oxygen atoms in total. The lowest BCUT2D eigenvalue weighted by Crippen LogP contribution is -2.14. The Labute approximate surface area is 107 Å². The van der Waals surface area contributed by atoms with E-state index in [-0.39, 0.29) is 13.2 Å². The van der Waals surface area contributed by atoms with Gasteiger partial charge in [0.05, 0.1) is 13.2 Å². The van der Waals surface area contributed by atoms with Crippen LogP contribution in [0.5, 0.6) is 0 Å². The van der Waals surface area contributed by atoms with Crippen LogP contribution in [-0.4, -0.2) is 33.7 Å². The minimum Gasteiger partial charge on any atom is -0.304 e. The van der Waals surface area contributed by atoms with E-state index in [9.17, 15) is 13.0 Å². The average Bonchev–Trinajstić information content (AvgIpc) is 2.31. The third kappa shape index (κ3) is 7.43. The molecule has 0 aromatic carbocycles. The molecule has 0 spiro atoms. The van der Waals surface area contributed by atoms with Crippen LogP contribution in [0.2, 0.25) is 0 Å². The molecule has 18 heavy (non-hydrogen) atoms. The summed E-state index contributed by atoms with van der Waals surface area (Å²) in [6.07, 6.45) is 7.50. The lowest BCUT2D eigenvalue weighted by molar-refractivity contribution is 0.239. The third-order valence-electron chi connectivity index (χ3n) is 1.42. The van der Waals surface area contributed by atoms with E-state index < -0.39 is 29.8 Å². The zero-order chi connectivity index (χ0) is 14.1. The molecule has 0 N–H and O–H groups in total. The van der Waals surface area contributed by atoms with Crippen molar-refractivity contribution in [1.82, 2.24) is 0 Å². The number of hydrogen-bond acceptors (Lipinski definition) is 6. The van der Waals surface area contributed by atoms with Crippen LogP contribution < -0.4 is 0 Å². The summed E-state index contributed by atoms with van der Waals surface area (Å²) in [6, 6.07) is 0. The summed E-state index contributed by atoms with van der Waals surface area (Å²) in [4.78, 5) is 0. The Kier molecular flexibility index (Phi) is 7.83. The van der Waals surface area contributed by atoms with Crippen molar-refractivity contribution in [3.05, 3.63) is 25.3 Å². The highest BCUT2D eigenvalue weighted by Gasteiger charge is 2.32. The molecule has 0 aromatic heterocycles. The van der Waals surface area contributed by atoms with E-state index in [1.165, 1.54) is 12.2 Å². The quantitative estimate of drug-likeness (QED) is 0.263. The fourth-order valence-electron chi connectivity index (χ4n) is 0.799. The van der Waals surface area contributed by atoms with Crippen molar-refractivity contribution in [2.45, 2.75) is 0 Å². The first kappa shape index (κ1) is 17.1. The van der Waals surface area contributed by atoms with Crippen molar-refractivity contribution >= 4 is 17.7 Å². The minimum atomic E-state index is -4.09. The molecule has 102 valence electrons. The summed E-state index contributed by atoms with van der Waals surface area (Å²) >= 11 is 0. The summed E-state index contributed by atoms with van der Waals surface area (Å²) in [5, 5.41) is 0. The molecule has 0 fully saturated rings. The van der Waals surface area contributed by atoms with Gasteiger partial charge in [-0.05, 0) is 0 Å². The van der Waals surface area contributed by atoms with Gasteiger partial charge in [0.25, 0.3) is 10.1 Å². The summed E-state index contributed by atoms with van der Waals surface area (Å²) in [5.41, 5.74) is -0.913. The second-order valence-corrected chi connectivity index (χ2v) is 7.05. The van der Waals surface area contributed by atoms with E-state index in [1.54, 1.807) is 0 Å². The fourth-order valence-corrected chi connectivity index (χ4v) is 4.23. The molecule has 0 heterocycles. The summed E-state index contributed by atoms with van der Waals surface area (Å²) < 4.78 is 49.0. The molecule has 0 aromatic rings. The van der Waals surface area contributed by atoms with Crippen LogP contribution >= 0.6 is 7.60 Å². The molecule has 0 saturated heterocycles. The van der Waals surface area contributed by atoms with E-state index in [1.807, 2.05) is 5.92 Å². The Morgan fingerprint density at radius 2 is 1.72 bits per heavy atom. The lowest BCUT2D eigenvalue weighted by Gasteiger charge is -2.16. The third-order valence-corrected chi connectivity index (χ3v) is 5.51. The van der Waals surface area contributed by atoms with Gasteiger partial charge in [0.2, 0.25) is 0 Å². The maximum absolute atomic E-state index is 12.1. The zero-order valence-electron chi connectivity index (χ0n) is 9.78. The SMILES string of the molecule is C#CCOS(=O)(=O)CP(=O)(OCC=C)OCC=C. The van der Waals surface area contributed by atoms with Gasteiger partial charge in [0.1, 0.15) is 6.61 Å². The van der Waals surface area contributed by atoms with Gasteiger partial charge in [0, 0.05) is 0 Å². The topological polar surface area (TPSA) is 78.9 Å². The molecule has 0 aliphatic heterocycles. The van der Waals surface area contributed by atoms with Crippen molar-refractivity contribution in [2.75, 3.05) is 25.3 Å². The van der Waals surface area contributed by atoms with Crippen LogP contribution in [0.4, 0.5) is 0 Å². The summed E-state index contributed by atoms with van der Waals surface area (Å²) in [7, 11) is -7.92. The highest BCUT2D eigenvalue weighted by atomic mass is 32.2. The highest BCUT2D eigenvalue weighted by molar-refractivity contribution is 7.93. The zero-order valence-corrected chi connectivity index (χ0v) is 11.5. The van der Waals surface area contributed by atoms with Gasteiger partial charge >= 0.3 is 7.60 Å². The van der Waals surface area contributed by atoms with Gasteiger partial charge in [-0.2, -0.15) is 8.42 Å². The Morgan fingerprint density at radius 1 is 1.22 bits per heavy atom. The van der Waals surface area contributed by atoms with Gasteiger partial charge in [-0.1, -0.05) is 18.1 Å². The average molecular weight is 294 g/mol. The molecule has 0 atom stereocenters. The van der Waals surface area contributed by atoms with Crippen LogP contribution in [-0.2, 0) is 27.9 Å². The summed E-state index contributed by atoms with van der Waals surface area (Å²) in [5.74, 6) is 1.99. The molecule has 0 aliphatic rings. The Hall–Kier alpha value is -0.900. The van der Waals surface area contributed by atoms with Crippen LogP contribution in [0.25, 0.3) is 0 Å². The maximum atomic E-state index is 12.1. The monoisotopic (exact) mass is 294 g/mol. The van der Waals surface area contributed by atoms with E-state index in [0.29, 0.717) is 0 Å². The second kappa shape index (κ2) is 8.25. The van der Waals surface area contributed by atoms with Gasteiger partial charge in [-0.3, -0.25) is 8.75 Å². The fraction of sp³-hybridized carbons (Fsp3) is 0.400. The first-order valence-corrected chi connectivity index (χ1v) is 8.10. The van der Waals surface area contributed by atoms with Gasteiger partial charge in [-0.25, -0.2) is 0 Å². The van der Waals surface area contributed by atoms with Crippen molar-refractivity contribution in [3.8, 4) is 12.3 Å². The van der Waals surface area contributed by atoms with Crippen LogP contribution in [0.15, 0.2) is 25.3 Å². The Balaban J connectivity index is 4.77. The van der Waals surface area contributed by atoms with E-state index >= 15 is 0 Å². The highest BCUT2D eigenvalue weighted by Crippen LogP contribution is 2.49. The van der Waals surface area contributed by atoms with Crippen molar-refractivity contribution < 1.29 is 26.2 Å². The van der Waals surface area contributed by atoms with Gasteiger partial charge < -0.3 is 9.05 Å². The molecule has 0 radical (unpaired) electrons. The predicted molar refractivity (Wildman–Crippen MR) is 68.5 cm³/mol. The molecule has 0 saturated carbocycles. The summed E-state index contributed by atoms with van der Waals surface area (Å²) in [6.45, 7) is 6.06. The van der Waals surface area contributed by atoms with Crippen molar-refractivity contribution in [2.24, 2.45) is 0 Å². The minimum absolute atomic E-state index is 0.112. The molecule has 8 heteroatoms. The van der Waals surface area contributed by atoms with Gasteiger partial charge in [-0.15, -0.1) is 19.6 Å². The van der Waals surface area contributed by atoms with E-state index in [4.69, 9.17) is 15.5 Å². The van der Waals surface area contributed by atoms with Crippen molar-refractivity contribution in [1.29, 1.82) is 0 Å². The Morgan fingerprint density at radius 3 is 2.11 bits per heavy atom. The molecule has 0 amide bonds. The van der Waals surface area contributed by atoms with E-state index in [0.717, 1.165) is 0 Å². The molecule has 0 bridgehead atoms. The maximum Gasteiger partial charge on any atom is 0.348 e. The lowest BCUT2D eigenvalue weighted by atomic mass is 10.7. The first-order valence-electron chi connectivity index (χ1n) is 4.79. The molecule has 0 aliphatic carbocycles.